The minimum Gasteiger partial charge on any atom is -0.394 e. The molecule has 2 heterocycles. The molecule has 1 aromatic heterocycles. The Morgan fingerprint density at radius 1 is 1.55 bits per heavy atom. The lowest BCUT2D eigenvalue weighted by Gasteiger charge is -2.16. The van der Waals surface area contributed by atoms with E-state index in [1.54, 1.807) is 0 Å². The van der Waals surface area contributed by atoms with Crippen molar-refractivity contribution in [2.45, 2.75) is 24.9 Å². The monoisotopic (exact) mass is 337 g/mol. The number of aromatic nitrogens is 2. The average Bonchev–Trinajstić information content (AvgIpc) is 2.83. The van der Waals surface area contributed by atoms with Crippen LogP contribution in [0.25, 0.3) is 0 Å². The maximum absolute atomic E-state index is 13.8. The molecule has 0 aromatic carbocycles. The minimum atomic E-state index is -3.43. The minimum absolute atomic E-state index is 0.0864. The molecule has 1 aliphatic rings. The first-order valence-electron chi connectivity index (χ1n) is 6.31. The normalized spacial score (nSPS) is 27.6. The number of rotatable bonds is 3. The van der Waals surface area contributed by atoms with Gasteiger partial charge in [0.05, 0.1) is 18.9 Å². The molecule has 0 bridgehead atoms. The molecule has 0 spiro atoms. The molecule has 11 heteroatoms. The van der Waals surface area contributed by atoms with E-state index < -0.39 is 52.0 Å². The SMILES string of the molecule is CN=S(C)(=O)n1c(=O)c(F)cn([C@H]2C[C@H](O)[C@@H](CO)O2)c1=O. The van der Waals surface area contributed by atoms with E-state index in [0.29, 0.717) is 6.20 Å². The van der Waals surface area contributed by atoms with Crippen molar-refractivity contribution in [1.82, 2.24) is 8.54 Å². The standard InChI is InChI=1S/C11H16FN3O6S/c1-13-22(2,20)15-10(18)6(12)4-14(11(15)19)9-3-7(17)8(5-16)21-9/h4,7-9,16-17H,3,5H2,1-2H3/t7-,8+,9+,22?/m0/s1. The van der Waals surface area contributed by atoms with Crippen LogP contribution < -0.4 is 11.2 Å². The average molecular weight is 337 g/mol. The van der Waals surface area contributed by atoms with Crippen molar-refractivity contribution >= 4 is 9.92 Å². The summed E-state index contributed by atoms with van der Waals surface area (Å²) in [4.78, 5) is 24.1. The maximum atomic E-state index is 13.8. The molecule has 0 aliphatic carbocycles. The van der Waals surface area contributed by atoms with Crippen molar-refractivity contribution in [3.05, 3.63) is 32.9 Å². The molecule has 1 fully saturated rings. The van der Waals surface area contributed by atoms with Crippen LogP contribution in [-0.2, 0) is 14.7 Å². The van der Waals surface area contributed by atoms with Gasteiger partial charge in [-0.05, 0) is 0 Å². The zero-order valence-corrected chi connectivity index (χ0v) is 12.7. The first-order chi connectivity index (χ1) is 10.2. The van der Waals surface area contributed by atoms with Crippen LogP contribution in [0.2, 0.25) is 0 Å². The number of hydrogen-bond donors (Lipinski definition) is 2. The summed E-state index contributed by atoms with van der Waals surface area (Å²) in [5.41, 5.74) is -2.42. The Morgan fingerprint density at radius 3 is 2.68 bits per heavy atom. The summed E-state index contributed by atoms with van der Waals surface area (Å²) in [5.74, 6) is -1.30. The van der Waals surface area contributed by atoms with Crippen molar-refractivity contribution in [3.8, 4) is 0 Å². The highest BCUT2D eigenvalue weighted by Gasteiger charge is 2.36. The summed E-state index contributed by atoms with van der Waals surface area (Å²) in [7, 11) is -2.29. The molecule has 0 saturated carbocycles. The molecule has 1 unspecified atom stereocenters. The fraction of sp³-hybridized carbons (Fsp3) is 0.636. The van der Waals surface area contributed by atoms with E-state index >= 15 is 0 Å². The van der Waals surface area contributed by atoms with Crippen molar-refractivity contribution in [2.75, 3.05) is 19.9 Å². The van der Waals surface area contributed by atoms with Gasteiger partial charge in [-0.2, -0.15) is 8.36 Å². The van der Waals surface area contributed by atoms with Gasteiger partial charge >= 0.3 is 11.2 Å². The van der Waals surface area contributed by atoms with Gasteiger partial charge in [0.1, 0.15) is 22.2 Å². The van der Waals surface area contributed by atoms with Gasteiger partial charge < -0.3 is 14.9 Å². The molecule has 4 atom stereocenters. The quantitative estimate of drug-likeness (QED) is 0.676. The molecular formula is C11H16FN3O6S. The third-order valence-electron chi connectivity index (χ3n) is 3.41. The Morgan fingerprint density at radius 2 is 2.18 bits per heavy atom. The van der Waals surface area contributed by atoms with Gasteiger partial charge in [0, 0.05) is 19.7 Å². The summed E-state index contributed by atoms with van der Waals surface area (Å²) in [6.45, 7) is -0.483. The predicted molar refractivity (Wildman–Crippen MR) is 74.4 cm³/mol. The Bertz CT molecular complexity index is 809. The molecule has 1 saturated heterocycles. The lowest BCUT2D eigenvalue weighted by atomic mass is 10.2. The summed E-state index contributed by atoms with van der Waals surface area (Å²) in [6.07, 6.45) is -1.50. The molecule has 2 N–H and O–H groups in total. The van der Waals surface area contributed by atoms with Crippen LogP contribution in [0, 0.1) is 5.82 Å². The molecule has 1 aliphatic heterocycles. The highest BCUT2D eigenvalue weighted by molar-refractivity contribution is 7.91. The number of nitrogens with zero attached hydrogens (tertiary/aromatic N) is 3. The third-order valence-corrected chi connectivity index (χ3v) is 5.08. The van der Waals surface area contributed by atoms with Crippen molar-refractivity contribution < 1.29 is 23.5 Å². The second-order valence-electron chi connectivity index (χ2n) is 4.83. The van der Waals surface area contributed by atoms with Gasteiger partial charge in [-0.25, -0.2) is 13.4 Å². The Kier molecular flexibility index (Phi) is 4.52. The van der Waals surface area contributed by atoms with Crippen LogP contribution in [0.5, 0.6) is 0 Å². The summed E-state index contributed by atoms with van der Waals surface area (Å²) in [5, 5.41) is 18.7. The second-order valence-corrected chi connectivity index (χ2v) is 7.08. The molecule has 9 nitrogen and oxygen atoms in total. The van der Waals surface area contributed by atoms with Crippen LogP contribution in [0.15, 0.2) is 20.1 Å². The molecule has 0 amide bonds. The molecule has 2 rings (SSSR count). The smallest absolute Gasteiger partial charge is 0.346 e. The number of aliphatic hydroxyl groups is 2. The topological polar surface area (TPSA) is 123 Å². The number of hydrogen-bond acceptors (Lipinski definition) is 7. The van der Waals surface area contributed by atoms with Crippen molar-refractivity contribution in [2.24, 2.45) is 4.36 Å². The Hall–Kier alpha value is -1.56. The lowest BCUT2D eigenvalue weighted by molar-refractivity contribution is -0.0463. The Labute approximate surface area is 124 Å². The van der Waals surface area contributed by atoms with E-state index in [1.165, 1.54) is 0 Å². The summed E-state index contributed by atoms with van der Waals surface area (Å²) < 4.78 is 35.6. The molecule has 0 radical (unpaired) electrons. The molecular weight excluding hydrogens is 321 g/mol. The number of ether oxygens (including phenoxy) is 1. The van der Waals surface area contributed by atoms with Gasteiger partial charge in [0.25, 0.3) is 0 Å². The van der Waals surface area contributed by atoms with Gasteiger partial charge in [0.15, 0.2) is 0 Å². The van der Waals surface area contributed by atoms with E-state index in [-0.39, 0.29) is 10.4 Å². The predicted octanol–water partition coefficient (Wildman–Crippen LogP) is -1.72. The summed E-state index contributed by atoms with van der Waals surface area (Å²) >= 11 is 0. The van der Waals surface area contributed by atoms with Gasteiger partial charge in [0.2, 0.25) is 5.82 Å². The fourth-order valence-corrected chi connectivity index (χ4v) is 3.10. The maximum Gasteiger partial charge on any atom is 0.346 e. The van der Waals surface area contributed by atoms with E-state index in [2.05, 4.69) is 4.36 Å². The number of halogens is 1. The summed E-state index contributed by atoms with van der Waals surface area (Å²) in [6, 6.07) is 0. The highest BCUT2D eigenvalue weighted by atomic mass is 32.2. The van der Waals surface area contributed by atoms with E-state index in [9.17, 15) is 23.3 Å². The van der Waals surface area contributed by atoms with E-state index in [4.69, 9.17) is 9.84 Å². The number of aliphatic hydroxyl groups excluding tert-OH is 2. The van der Waals surface area contributed by atoms with E-state index in [1.807, 2.05) is 0 Å². The van der Waals surface area contributed by atoms with Crippen LogP contribution in [0.4, 0.5) is 4.39 Å². The second kappa shape index (κ2) is 5.91. The van der Waals surface area contributed by atoms with Crippen molar-refractivity contribution in [3.63, 3.8) is 0 Å². The van der Waals surface area contributed by atoms with Crippen LogP contribution in [0.3, 0.4) is 0 Å². The molecule has 124 valence electrons. The zero-order chi connectivity index (χ0) is 16.7. The lowest BCUT2D eigenvalue weighted by Crippen LogP contribution is -2.45. The van der Waals surface area contributed by atoms with Gasteiger partial charge in [-0.15, -0.1) is 0 Å². The molecule has 22 heavy (non-hydrogen) atoms. The van der Waals surface area contributed by atoms with Crippen LogP contribution >= 0.6 is 0 Å². The largest absolute Gasteiger partial charge is 0.394 e. The van der Waals surface area contributed by atoms with Gasteiger partial charge in [-0.1, -0.05) is 0 Å². The fourth-order valence-electron chi connectivity index (χ4n) is 2.16. The van der Waals surface area contributed by atoms with Crippen LogP contribution in [-0.4, -0.2) is 55.1 Å². The first kappa shape index (κ1) is 16.8. The van der Waals surface area contributed by atoms with Crippen LogP contribution in [0.1, 0.15) is 12.6 Å². The van der Waals surface area contributed by atoms with Crippen molar-refractivity contribution in [1.29, 1.82) is 0 Å². The zero-order valence-electron chi connectivity index (χ0n) is 11.9. The first-order valence-corrected chi connectivity index (χ1v) is 8.19. The van der Waals surface area contributed by atoms with Gasteiger partial charge in [-0.3, -0.25) is 9.36 Å². The highest BCUT2D eigenvalue weighted by Crippen LogP contribution is 2.27. The van der Waals surface area contributed by atoms with E-state index in [0.717, 1.165) is 17.9 Å². The third kappa shape index (κ3) is 2.72. The molecule has 1 aromatic rings. The Balaban J connectivity index is 2.64.